The van der Waals surface area contributed by atoms with Gasteiger partial charge >= 0.3 is 5.97 Å². The van der Waals surface area contributed by atoms with Gasteiger partial charge in [0.05, 0.1) is 6.10 Å². The zero-order chi connectivity index (χ0) is 15.6. The summed E-state index contributed by atoms with van der Waals surface area (Å²) in [5.41, 5.74) is 1.27. The van der Waals surface area contributed by atoms with E-state index in [2.05, 4.69) is 18.2 Å². The lowest BCUT2D eigenvalue weighted by molar-refractivity contribution is -0.142. The first-order valence-electron chi connectivity index (χ1n) is 7.62. The minimum Gasteiger partial charge on any atom is -0.460 e. The second-order valence-corrected chi connectivity index (χ2v) is 7.99. The molecular formula is C18H22O2S2. The molecule has 1 aliphatic rings. The first kappa shape index (κ1) is 17.2. The third-order valence-electron chi connectivity index (χ3n) is 3.35. The second kappa shape index (κ2) is 9.80. The fraction of sp³-hybridized carbons (Fsp3) is 0.389. The third-order valence-corrected chi connectivity index (χ3v) is 6.17. The molecule has 118 valence electrons. The molecule has 0 spiro atoms. The number of allylic oxidation sites excluding steroid dienone is 2. The first-order chi connectivity index (χ1) is 10.7. The normalized spacial score (nSPS) is 19.8. The number of esters is 1. The summed E-state index contributed by atoms with van der Waals surface area (Å²) in [4.78, 5) is 11.7. The van der Waals surface area contributed by atoms with E-state index in [1.165, 1.54) is 23.8 Å². The van der Waals surface area contributed by atoms with E-state index in [1.807, 2.05) is 52.8 Å². The fourth-order valence-electron chi connectivity index (χ4n) is 2.11. The number of rotatable bonds is 7. The van der Waals surface area contributed by atoms with Crippen molar-refractivity contribution in [3.63, 3.8) is 0 Å². The number of ether oxygens (including phenoxy) is 1. The maximum absolute atomic E-state index is 11.7. The van der Waals surface area contributed by atoms with Gasteiger partial charge in [0.1, 0.15) is 0 Å². The van der Waals surface area contributed by atoms with Crippen LogP contribution in [-0.4, -0.2) is 23.1 Å². The van der Waals surface area contributed by atoms with E-state index in [9.17, 15) is 4.79 Å². The summed E-state index contributed by atoms with van der Waals surface area (Å²) in [6.45, 7) is 1.94. The van der Waals surface area contributed by atoms with Crippen molar-refractivity contribution >= 4 is 27.6 Å². The Bertz CT molecular complexity index is 505. The van der Waals surface area contributed by atoms with Crippen LogP contribution in [0.2, 0.25) is 0 Å². The van der Waals surface area contributed by atoms with Crippen molar-refractivity contribution in [3.05, 3.63) is 60.2 Å². The van der Waals surface area contributed by atoms with Gasteiger partial charge in [0, 0.05) is 17.1 Å². The van der Waals surface area contributed by atoms with Gasteiger partial charge in [0.2, 0.25) is 0 Å². The van der Waals surface area contributed by atoms with E-state index in [0.717, 1.165) is 12.8 Å². The lowest BCUT2D eigenvalue weighted by Gasteiger charge is -2.11. The molecule has 0 radical (unpaired) electrons. The van der Waals surface area contributed by atoms with Crippen LogP contribution in [-0.2, 0) is 16.0 Å². The molecule has 1 aromatic carbocycles. The number of hydrogen-bond acceptors (Lipinski definition) is 4. The van der Waals surface area contributed by atoms with Crippen LogP contribution >= 0.6 is 21.6 Å². The summed E-state index contributed by atoms with van der Waals surface area (Å²) in [7, 11) is 3.80. The van der Waals surface area contributed by atoms with Crippen LogP contribution in [0.1, 0.15) is 25.3 Å². The summed E-state index contributed by atoms with van der Waals surface area (Å²) in [5.74, 6) is 0.948. The van der Waals surface area contributed by atoms with Crippen molar-refractivity contribution in [2.24, 2.45) is 0 Å². The summed E-state index contributed by atoms with van der Waals surface area (Å²) >= 11 is 0. The molecular weight excluding hydrogens is 312 g/mol. The van der Waals surface area contributed by atoms with Gasteiger partial charge in [0.15, 0.2) is 0 Å². The van der Waals surface area contributed by atoms with E-state index < -0.39 is 0 Å². The Morgan fingerprint density at radius 1 is 1.36 bits per heavy atom. The lowest BCUT2D eigenvalue weighted by Crippen LogP contribution is -2.13. The predicted octanol–water partition coefficient (Wildman–Crippen LogP) is 4.82. The van der Waals surface area contributed by atoms with Crippen LogP contribution in [0.15, 0.2) is 54.6 Å². The van der Waals surface area contributed by atoms with Crippen molar-refractivity contribution in [2.45, 2.75) is 37.5 Å². The van der Waals surface area contributed by atoms with Crippen molar-refractivity contribution in [1.29, 1.82) is 0 Å². The molecule has 0 aromatic heterocycles. The van der Waals surface area contributed by atoms with Crippen molar-refractivity contribution in [2.75, 3.05) is 5.75 Å². The highest BCUT2D eigenvalue weighted by Crippen LogP contribution is 2.37. The van der Waals surface area contributed by atoms with Crippen molar-refractivity contribution < 1.29 is 9.53 Å². The molecule has 0 N–H and O–H groups in total. The molecule has 1 aromatic rings. The zero-order valence-electron chi connectivity index (χ0n) is 12.8. The molecule has 0 aliphatic carbocycles. The Morgan fingerprint density at radius 2 is 2.18 bits per heavy atom. The molecule has 4 heteroatoms. The van der Waals surface area contributed by atoms with E-state index in [0.29, 0.717) is 5.25 Å². The Labute approximate surface area is 140 Å². The summed E-state index contributed by atoms with van der Waals surface area (Å²) in [5, 5.41) is 0.579. The molecule has 1 fully saturated rings. The topological polar surface area (TPSA) is 26.3 Å². The maximum atomic E-state index is 11.7. The summed E-state index contributed by atoms with van der Waals surface area (Å²) in [6, 6.07) is 10.3. The fourth-order valence-corrected chi connectivity index (χ4v) is 4.83. The molecule has 22 heavy (non-hydrogen) atoms. The Kier molecular flexibility index (Phi) is 7.67. The average molecular weight is 335 g/mol. The van der Waals surface area contributed by atoms with E-state index in [-0.39, 0.29) is 12.1 Å². The largest absolute Gasteiger partial charge is 0.460 e. The molecule has 1 aliphatic heterocycles. The van der Waals surface area contributed by atoms with Crippen molar-refractivity contribution in [1.82, 2.24) is 0 Å². The number of hydrogen-bond donors (Lipinski definition) is 0. The van der Waals surface area contributed by atoms with Gasteiger partial charge in [0.25, 0.3) is 0 Å². The standard InChI is InChI=1S/C18H22O2S2/c1-15(11-12-16-7-3-2-4-8-16)20-18(19)10-6-5-9-17-13-14-21-22-17/h2-10,15,17H,11-14H2,1H3/b9-5+,10-6+. The van der Waals surface area contributed by atoms with E-state index in [1.54, 1.807) is 6.08 Å². The number of benzene rings is 1. The Morgan fingerprint density at radius 3 is 2.91 bits per heavy atom. The molecule has 2 unspecified atom stereocenters. The maximum Gasteiger partial charge on any atom is 0.331 e. The first-order valence-corrected chi connectivity index (χ1v) is 10.00. The van der Waals surface area contributed by atoms with E-state index in [4.69, 9.17) is 4.74 Å². The number of carbonyl (C=O) groups is 1. The lowest BCUT2D eigenvalue weighted by atomic mass is 10.1. The van der Waals surface area contributed by atoms with Crippen LogP contribution in [0.25, 0.3) is 0 Å². The molecule has 1 saturated heterocycles. The summed E-state index contributed by atoms with van der Waals surface area (Å²) < 4.78 is 5.38. The smallest absolute Gasteiger partial charge is 0.331 e. The zero-order valence-corrected chi connectivity index (χ0v) is 14.4. The highest BCUT2D eigenvalue weighted by molar-refractivity contribution is 8.77. The van der Waals surface area contributed by atoms with Gasteiger partial charge in [-0.15, -0.1) is 0 Å². The molecule has 1 heterocycles. The molecule has 0 amide bonds. The molecule has 2 nitrogen and oxygen atoms in total. The van der Waals surface area contributed by atoms with Gasteiger partial charge in [-0.2, -0.15) is 0 Å². The van der Waals surface area contributed by atoms with Gasteiger partial charge in [-0.05, 0) is 31.7 Å². The third kappa shape index (κ3) is 6.75. The van der Waals surface area contributed by atoms with Crippen LogP contribution < -0.4 is 0 Å². The SMILES string of the molecule is CC(CCc1ccccc1)OC(=O)/C=C/C=C/C1CCSS1. The average Bonchev–Trinajstić information content (AvgIpc) is 3.04. The summed E-state index contributed by atoms with van der Waals surface area (Å²) in [6.07, 6.45) is 10.3. The van der Waals surface area contributed by atoms with Crippen LogP contribution in [0.5, 0.6) is 0 Å². The van der Waals surface area contributed by atoms with Crippen molar-refractivity contribution in [3.8, 4) is 0 Å². The van der Waals surface area contributed by atoms with Crippen LogP contribution in [0.4, 0.5) is 0 Å². The van der Waals surface area contributed by atoms with Gasteiger partial charge < -0.3 is 4.74 Å². The second-order valence-electron chi connectivity index (χ2n) is 5.26. The molecule has 2 rings (SSSR count). The van der Waals surface area contributed by atoms with Gasteiger partial charge in [-0.25, -0.2) is 4.79 Å². The Balaban J connectivity index is 1.65. The van der Waals surface area contributed by atoms with E-state index >= 15 is 0 Å². The highest BCUT2D eigenvalue weighted by Gasteiger charge is 2.12. The van der Waals surface area contributed by atoms with Crippen LogP contribution in [0, 0.1) is 0 Å². The van der Waals surface area contributed by atoms with Gasteiger partial charge in [-0.3, -0.25) is 0 Å². The van der Waals surface area contributed by atoms with Crippen LogP contribution in [0.3, 0.4) is 0 Å². The molecule has 0 bridgehead atoms. The molecule has 2 atom stereocenters. The Hall–Kier alpha value is -1.13. The molecule has 0 saturated carbocycles. The minimum atomic E-state index is -0.265. The number of aryl methyl sites for hydroxylation is 1. The highest BCUT2D eigenvalue weighted by atomic mass is 33.1. The monoisotopic (exact) mass is 334 g/mol. The quantitative estimate of drug-likeness (QED) is 0.309. The van der Waals surface area contributed by atoms with Gasteiger partial charge in [-0.1, -0.05) is 70.1 Å². The predicted molar refractivity (Wildman–Crippen MR) is 97.1 cm³/mol. The minimum absolute atomic E-state index is 0.0666. The number of carbonyl (C=O) groups excluding carboxylic acids is 1.